The molecule has 20 heavy (non-hydrogen) atoms. The molecule has 0 radical (unpaired) electrons. The lowest BCUT2D eigenvalue weighted by Gasteiger charge is -2.27. The molecular weight excluding hydrogens is 252 g/mol. The zero-order valence-electron chi connectivity index (χ0n) is 11.9. The van der Waals surface area contributed by atoms with Crippen LogP contribution in [-0.4, -0.2) is 18.0 Å². The topological polar surface area (TPSA) is 51.2 Å². The Morgan fingerprint density at radius 1 is 1.25 bits per heavy atom. The Bertz CT molecular complexity index is 598. The zero-order valence-corrected chi connectivity index (χ0v) is 11.9. The molecule has 4 nitrogen and oxygen atoms in total. The quantitative estimate of drug-likeness (QED) is 0.929. The molecule has 1 atom stereocenters. The van der Waals surface area contributed by atoms with Gasteiger partial charge in [0, 0.05) is 24.7 Å². The lowest BCUT2D eigenvalue weighted by Crippen LogP contribution is -2.39. The molecule has 2 aromatic rings. The molecule has 2 rings (SSSR count). The molecule has 1 heterocycles. The van der Waals surface area contributed by atoms with Crippen LogP contribution < -0.4 is 5.32 Å². The number of pyridine rings is 1. The maximum absolute atomic E-state index is 12.5. The van der Waals surface area contributed by atoms with Crippen LogP contribution in [0.2, 0.25) is 0 Å². The Balaban J connectivity index is 2.26. The van der Waals surface area contributed by atoms with Crippen molar-refractivity contribution >= 4 is 11.6 Å². The van der Waals surface area contributed by atoms with Crippen molar-refractivity contribution < 1.29 is 9.53 Å². The molecule has 1 N–H and O–H groups in total. The molecule has 0 unspecified atom stereocenters. The number of benzene rings is 1. The second-order valence-electron chi connectivity index (χ2n) is 4.74. The second-order valence-corrected chi connectivity index (χ2v) is 4.74. The molecule has 1 amide bonds. The first-order valence-electron chi connectivity index (χ1n) is 6.41. The van der Waals surface area contributed by atoms with E-state index >= 15 is 0 Å². The highest BCUT2D eigenvalue weighted by Gasteiger charge is 2.35. The number of hydrogen-bond donors (Lipinski definition) is 1. The van der Waals surface area contributed by atoms with Crippen LogP contribution in [-0.2, 0) is 15.1 Å². The van der Waals surface area contributed by atoms with E-state index in [0.717, 1.165) is 11.3 Å². The minimum absolute atomic E-state index is 0.211. The first-order valence-corrected chi connectivity index (χ1v) is 6.41. The van der Waals surface area contributed by atoms with Crippen LogP contribution in [0.1, 0.15) is 18.2 Å². The van der Waals surface area contributed by atoms with E-state index in [1.165, 1.54) is 7.11 Å². The Morgan fingerprint density at radius 2 is 1.95 bits per heavy atom. The summed E-state index contributed by atoms with van der Waals surface area (Å²) < 4.78 is 5.46. The van der Waals surface area contributed by atoms with Crippen molar-refractivity contribution in [1.82, 2.24) is 4.98 Å². The van der Waals surface area contributed by atoms with Gasteiger partial charge in [-0.3, -0.25) is 9.78 Å². The smallest absolute Gasteiger partial charge is 0.260 e. The van der Waals surface area contributed by atoms with Gasteiger partial charge in [-0.2, -0.15) is 0 Å². The average Bonchev–Trinajstić information content (AvgIpc) is 2.47. The number of carbonyl (C=O) groups is 1. The molecule has 1 aromatic carbocycles. The fourth-order valence-electron chi connectivity index (χ4n) is 1.97. The summed E-state index contributed by atoms with van der Waals surface area (Å²) in [5.41, 5.74) is 1.34. The maximum atomic E-state index is 12.5. The summed E-state index contributed by atoms with van der Waals surface area (Å²) in [7, 11) is 1.53. The maximum Gasteiger partial charge on any atom is 0.260 e. The van der Waals surface area contributed by atoms with Gasteiger partial charge in [-0.05, 0) is 31.5 Å². The largest absolute Gasteiger partial charge is 0.364 e. The van der Waals surface area contributed by atoms with E-state index in [1.807, 2.05) is 43.3 Å². The van der Waals surface area contributed by atoms with Crippen LogP contribution >= 0.6 is 0 Å². The predicted molar refractivity (Wildman–Crippen MR) is 78.4 cm³/mol. The van der Waals surface area contributed by atoms with E-state index in [0.29, 0.717) is 5.69 Å². The highest BCUT2D eigenvalue weighted by Crippen LogP contribution is 2.26. The fourth-order valence-corrected chi connectivity index (χ4v) is 1.97. The Hall–Kier alpha value is -2.20. The summed E-state index contributed by atoms with van der Waals surface area (Å²) in [6.07, 6.45) is 1.66. The number of anilines is 1. The molecule has 1 aromatic heterocycles. The molecule has 104 valence electrons. The molecule has 0 aliphatic carbocycles. The van der Waals surface area contributed by atoms with Gasteiger partial charge in [0.25, 0.3) is 5.91 Å². The van der Waals surface area contributed by atoms with Gasteiger partial charge < -0.3 is 10.1 Å². The van der Waals surface area contributed by atoms with E-state index in [4.69, 9.17) is 4.74 Å². The highest BCUT2D eigenvalue weighted by molar-refractivity contribution is 5.97. The van der Waals surface area contributed by atoms with Crippen molar-refractivity contribution in [3.05, 3.63) is 59.9 Å². The van der Waals surface area contributed by atoms with Gasteiger partial charge in [0.15, 0.2) is 5.60 Å². The number of amides is 1. The number of ether oxygens (including phenoxy) is 1. The summed E-state index contributed by atoms with van der Waals surface area (Å²) >= 11 is 0. The van der Waals surface area contributed by atoms with Crippen LogP contribution in [0.15, 0.2) is 48.7 Å². The summed E-state index contributed by atoms with van der Waals surface area (Å²) in [6.45, 7) is 3.63. The van der Waals surface area contributed by atoms with E-state index in [1.54, 1.807) is 19.2 Å². The number of hydrogen-bond acceptors (Lipinski definition) is 3. The third-order valence-corrected chi connectivity index (χ3v) is 3.32. The van der Waals surface area contributed by atoms with E-state index < -0.39 is 5.60 Å². The Labute approximate surface area is 118 Å². The standard InChI is InChI=1S/C16H18N2O2/c1-12-11-14(9-10-17-12)18-15(19)16(2,20-3)13-7-5-4-6-8-13/h4-11H,1-3H3,(H,17,18,19)/t16-/m1/s1. The number of carbonyl (C=O) groups excluding carboxylic acids is 1. The van der Waals surface area contributed by atoms with Crippen LogP contribution in [0.3, 0.4) is 0 Å². The van der Waals surface area contributed by atoms with Crippen molar-refractivity contribution in [3.63, 3.8) is 0 Å². The molecule has 4 heteroatoms. The monoisotopic (exact) mass is 270 g/mol. The Kier molecular flexibility index (Phi) is 4.15. The minimum Gasteiger partial charge on any atom is -0.364 e. The van der Waals surface area contributed by atoms with Crippen molar-refractivity contribution in [3.8, 4) is 0 Å². The van der Waals surface area contributed by atoms with Gasteiger partial charge >= 0.3 is 0 Å². The number of aryl methyl sites for hydroxylation is 1. The number of nitrogens with zero attached hydrogens (tertiary/aromatic N) is 1. The van der Waals surface area contributed by atoms with Crippen LogP contribution in [0.25, 0.3) is 0 Å². The van der Waals surface area contributed by atoms with Gasteiger partial charge in [-0.1, -0.05) is 30.3 Å². The Morgan fingerprint density at radius 3 is 2.55 bits per heavy atom. The molecule has 0 aliphatic heterocycles. The first-order chi connectivity index (χ1) is 9.56. The summed E-state index contributed by atoms with van der Waals surface area (Å²) in [5.74, 6) is -0.211. The third kappa shape index (κ3) is 2.86. The van der Waals surface area contributed by atoms with Crippen molar-refractivity contribution in [2.45, 2.75) is 19.4 Å². The number of rotatable bonds is 4. The van der Waals surface area contributed by atoms with Crippen molar-refractivity contribution in [1.29, 1.82) is 0 Å². The van der Waals surface area contributed by atoms with E-state index in [9.17, 15) is 4.79 Å². The number of nitrogens with one attached hydrogen (secondary N) is 1. The van der Waals surface area contributed by atoms with Gasteiger partial charge in [0.05, 0.1) is 0 Å². The lowest BCUT2D eigenvalue weighted by atomic mass is 9.94. The molecule has 0 bridgehead atoms. The van der Waals surface area contributed by atoms with Gasteiger partial charge in [0.1, 0.15) is 0 Å². The predicted octanol–water partition coefficient (Wildman–Crippen LogP) is 2.89. The molecular formula is C16H18N2O2. The van der Waals surface area contributed by atoms with Crippen LogP contribution in [0.5, 0.6) is 0 Å². The van der Waals surface area contributed by atoms with Crippen molar-refractivity contribution in [2.75, 3.05) is 12.4 Å². The molecule has 0 saturated heterocycles. The summed E-state index contributed by atoms with van der Waals surface area (Å²) in [5, 5.41) is 2.87. The second kappa shape index (κ2) is 5.84. The van der Waals surface area contributed by atoms with Crippen LogP contribution in [0.4, 0.5) is 5.69 Å². The average molecular weight is 270 g/mol. The third-order valence-electron chi connectivity index (χ3n) is 3.32. The van der Waals surface area contributed by atoms with E-state index in [2.05, 4.69) is 10.3 Å². The van der Waals surface area contributed by atoms with Crippen LogP contribution in [0, 0.1) is 6.92 Å². The summed E-state index contributed by atoms with van der Waals surface area (Å²) in [4.78, 5) is 16.6. The normalized spacial score (nSPS) is 13.6. The van der Waals surface area contributed by atoms with E-state index in [-0.39, 0.29) is 5.91 Å². The minimum atomic E-state index is -1.03. The molecule has 0 spiro atoms. The lowest BCUT2D eigenvalue weighted by molar-refractivity contribution is -0.136. The first kappa shape index (κ1) is 14.2. The number of methoxy groups -OCH3 is 1. The van der Waals surface area contributed by atoms with Crippen molar-refractivity contribution in [2.24, 2.45) is 0 Å². The SMILES string of the molecule is CO[C@@](C)(C(=O)Nc1ccnc(C)c1)c1ccccc1. The fraction of sp³-hybridized carbons (Fsp3) is 0.250. The van der Waals surface area contributed by atoms with Gasteiger partial charge in [-0.25, -0.2) is 0 Å². The van der Waals surface area contributed by atoms with Gasteiger partial charge in [-0.15, -0.1) is 0 Å². The molecule has 0 saturated carbocycles. The highest BCUT2D eigenvalue weighted by atomic mass is 16.5. The molecule has 0 fully saturated rings. The zero-order chi connectivity index (χ0) is 14.6. The van der Waals surface area contributed by atoms with Gasteiger partial charge in [0.2, 0.25) is 0 Å². The summed E-state index contributed by atoms with van der Waals surface area (Å²) in [6, 6.07) is 13.0. The molecule has 0 aliphatic rings. The number of aromatic nitrogens is 1.